The number of allylic oxidation sites excluding steroid dienone is 4. The lowest BCUT2D eigenvalue weighted by molar-refractivity contribution is -0.870. The summed E-state index contributed by atoms with van der Waals surface area (Å²) in [6, 6.07) is 0. The van der Waals surface area contributed by atoms with Crippen LogP contribution in [0.3, 0.4) is 0 Å². The highest BCUT2D eigenvalue weighted by Crippen LogP contribution is 2.12. The Morgan fingerprint density at radius 3 is 1.72 bits per heavy atom. The summed E-state index contributed by atoms with van der Waals surface area (Å²) in [4.78, 5) is 36.7. The van der Waals surface area contributed by atoms with E-state index in [1.165, 1.54) is 51.4 Å². The molecule has 0 fully saturated rings. The zero-order valence-electron chi connectivity index (χ0n) is 30.7. The first-order valence-corrected chi connectivity index (χ1v) is 18.5. The molecule has 0 saturated heterocycles. The first kappa shape index (κ1) is 44.8. The second kappa shape index (κ2) is 31.1. The fraction of sp³-hybridized carbons (Fsp3) is 0.816. The maximum absolute atomic E-state index is 12.6. The highest BCUT2D eigenvalue weighted by molar-refractivity contribution is 5.71. The number of unbranched alkanes of at least 4 members (excludes halogenated alkanes) is 14. The molecule has 2 unspecified atom stereocenters. The van der Waals surface area contributed by atoms with Crippen LogP contribution in [-0.2, 0) is 33.3 Å². The number of carboxylic acid groups (broad SMARTS) is 1. The Morgan fingerprint density at radius 2 is 1.15 bits per heavy atom. The van der Waals surface area contributed by atoms with E-state index in [1.807, 2.05) is 21.1 Å². The van der Waals surface area contributed by atoms with Crippen LogP contribution >= 0.6 is 0 Å². The Kier molecular flexibility index (Phi) is 29.6. The summed E-state index contributed by atoms with van der Waals surface area (Å²) in [7, 11) is 5.93. The normalized spacial score (nSPS) is 13.3. The number of nitrogens with zero attached hydrogens (tertiary/aromatic N) is 1. The minimum absolute atomic E-state index is 0.186. The number of likely N-dealkylation sites (N-methyl/N-ethyl adjacent to an activating group) is 1. The van der Waals surface area contributed by atoms with Crippen molar-refractivity contribution < 1.29 is 42.9 Å². The van der Waals surface area contributed by atoms with Gasteiger partial charge in [0.15, 0.2) is 6.10 Å². The van der Waals surface area contributed by atoms with E-state index in [-0.39, 0.29) is 32.2 Å². The quantitative estimate of drug-likeness (QED) is 0.0244. The third-order valence-electron chi connectivity index (χ3n) is 7.71. The van der Waals surface area contributed by atoms with Gasteiger partial charge in [-0.3, -0.25) is 9.59 Å². The van der Waals surface area contributed by atoms with Gasteiger partial charge >= 0.3 is 17.9 Å². The molecule has 0 amide bonds. The van der Waals surface area contributed by atoms with Crippen molar-refractivity contribution >= 4 is 17.9 Å². The number of ether oxygens (including phenoxy) is 4. The molecule has 0 spiro atoms. The second-order valence-electron chi connectivity index (χ2n) is 13.5. The Balaban J connectivity index is 4.54. The predicted octanol–water partition coefficient (Wildman–Crippen LogP) is 8.55. The van der Waals surface area contributed by atoms with E-state index in [4.69, 9.17) is 18.9 Å². The average Bonchev–Trinajstić information content (AvgIpc) is 3.02. The smallest absolute Gasteiger partial charge is 0.361 e. The van der Waals surface area contributed by atoms with Crippen LogP contribution in [0, 0.1) is 0 Å². The van der Waals surface area contributed by atoms with Gasteiger partial charge in [0.1, 0.15) is 13.2 Å². The Bertz CT molecular complexity index is 836. The first-order chi connectivity index (χ1) is 22.6. The van der Waals surface area contributed by atoms with Gasteiger partial charge < -0.3 is 28.5 Å². The number of carbonyl (C=O) groups excluding carboxylic acids is 2. The summed E-state index contributed by atoms with van der Waals surface area (Å²) in [6.07, 6.45) is 26.8. The fourth-order valence-corrected chi connectivity index (χ4v) is 4.75. The minimum atomic E-state index is -1.51. The molecule has 0 aliphatic rings. The second-order valence-corrected chi connectivity index (χ2v) is 13.5. The molecule has 2 atom stereocenters. The molecule has 0 aliphatic carbocycles. The summed E-state index contributed by atoms with van der Waals surface area (Å²) in [5.74, 6) is -2.04. The lowest BCUT2D eigenvalue weighted by Crippen LogP contribution is -2.40. The van der Waals surface area contributed by atoms with Crippen LogP contribution < -0.4 is 0 Å². The maximum atomic E-state index is 12.6. The zero-order chi connectivity index (χ0) is 35.0. The molecule has 0 aromatic carbocycles. The van der Waals surface area contributed by atoms with Crippen molar-refractivity contribution in [3.05, 3.63) is 24.3 Å². The van der Waals surface area contributed by atoms with E-state index < -0.39 is 24.3 Å². The number of aliphatic carboxylic acids is 1. The van der Waals surface area contributed by atoms with Crippen molar-refractivity contribution in [3.63, 3.8) is 0 Å². The zero-order valence-corrected chi connectivity index (χ0v) is 30.7. The van der Waals surface area contributed by atoms with E-state index in [9.17, 15) is 19.5 Å². The molecule has 1 N–H and O–H groups in total. The van der Waals surface area contributed by atoms with E-state index in [0.29, 0.717) is 23.9 Å². The molecular weight excluding hydrogens is 598 g/mol. The van der Waals surface area contributed by atoms with Crippen molar-refractivity contribution in [3.8, 4) is 0 Å². The van der Waals surface area contributed by atoms with Crippen LogP contribution in [-0.4, -0.2) is 87.4 Å². The lowest BCUT2D eigenvalue weighted by Gasteiger charge is -2.25. The Hall–Kier alpha value is -2.23. The number of hydrogen-bond acceptors (Lipinski definition) is 7. The molecule has 47 heavy (non-hydrogen) atoms. The Labute approximate surface area is 287 Å². The topological polar surface area (TPSA) is 108 Å². The van der Waals surface area contributed by atoms with E-state index in [1.54, 1.807) is 0 Å². The van der Waals surface area contributed by atoms with Gasteiger partial charge in [-0.05, 0) is 44.9 Å². The molecule has 274 valence electrons. The van der Waals surface area contributed by atoms with Gasteiger partial charge in [0, 0.05) is 12.8 Å². The van der Waals surface area contributed by atoms with Crippen molar-refractivity contribution in [1.82, 2.24) is 0 Å². The molecule has 9 heteroatoms. The number of rotatable bonds is 33. The van der Waals surface area contributed by atoms with E-state index in [0.717, 1.165) is 57.8 Å². The third-order valence-corrected chi connectivity index (χ3v) is 7.71. The number of hydrogen-bond donors (Lipinski definition) is 1. The van der Waals surface area contributed by atoms with Crippen molar-refractivity contribution in [2.75, 3.05) is 47.5 Å². The molecule has 0 bridgehead atoms. The van der Waals surface area contributed by atoms with Crippen LogP contribution in [0.15, 0.2) is 24.3 Å². The van der Waals surface area contributed by atoms with Gasteiger partial charge in [0.05, 0.1) is 34.4 Å². The van der Waals surface area contributed by atoms with E-state index in [2.05, 4.69) is 38.2 Å². The van der Waals surface area contributed by atoms with E-state index >= 15 is 0 Å². The predicted molar refractivity (Wildman–Crippen MR) is 189 cm³/mol. The highest BCUT2D eigenvalue weighted by atomic mass is 16.7. The fourth-order valence-electron chi connectivity index (χ4n) is 4.75. The monoisotopic (exact) mass is 669 g/mol. The van der Waals surface area contributed by atoms with Crippen molar-refractivity contribution in [1.29, 1.82) is 0 Å². The van der Waals surface area contributed by atoms with Gasteiger partial charge in [0.25, 0.3) is 6.29 Å². The average molecular weight is 669 g/mol. The molecule has 0 aromatic heterocycles. The van der Waals surface area contributed by atoms with Crippen LogP contribution in [0.4, 0.5) is 0 Å². The first-order valence-electron chi connectivity index (χ1n) is 18.5. The summed E-state index contributed by atoms with van der Waals surface area (Å²) in [5.41, 5.74) is 0. The SMILES string of the molecule is CCCCC/C=C\C/C=C\CCCCCCCC(=O)OC(COC(=O)CCCCCCCCC)COC(OCC[N+](C)(C)C)C(=O)O. The maximum Gasteiger partial charge on any atom is 0.361 e. The molecule has 0 saturated carbocycles. The largest absolute Gasteiger partial charge is 0.477 e. The summed E-state index contributed by atoms with van der Waals surface area (Å²) >= 11 is 0. The summed E-state index contributed by atoms with van der Waals surface area (Å²) in [5, 5.41) is 9.55. The third kappa shape index (κ3) is 32.1. The van der Waals surface area contributed by atoms with Crippen LogP contribution in [0.2, 0.25) is 0 Å². The molecule has 0 aliphatic heterocycles. The van der Waals surface area contributed by atoms with Gasteiger partial charge in [0.2, 0.25) is 0 Å². The number of quaternary nitrogens is 1. The van der Waals surface area contributed by atoms with Crippen LogP contribution in [0.5, 0.6) is 0 Å². The number of carbonyl (C=O) groups is 3. The summed E-state index contributed by atoms with van der Waals surface area (Å²) < 4.78 is 22.5. The molecule has 0 radical (unpaired) electrons. The van der Waals surface area contributed by atoms with Gasteiger partial charge in [-0.15, -0.1) is 0 Å². The molecule has 0 heterocycles. The number of esters is 2. The molecule has 0 rings (SSSR count). The van der Waals surface area contributed by atoms with Crippen molar-refractivity contribution in [2.24, 2.45) is 0 Å². The van der Waals surface area contributed by atoms with Gasteiger partial charge in [-0.2, -0.15) is 0 Å². The molecule has 0 aromatic rings. The highest BCUT2D eigenvalue weighted by Gasteiger charge is 2.25. The van der Waals surface area contributed by atoms with Crippen LogP contribution in [0.1, 0.15) is 142 Å². The Morgan fingerprint density at radius 1 is 0.638 bits per heavy atom. The van der Waals surface area contributed by atoms with Gasteiger partial charge in [-0.25, -0.2) is 4.79 Å². The number of carboxylic acids is 1. The molecule has 9 nitrogen and oxygen atoms in total. The summed E-state index contributed by atoms with van der Waals surface area (Å²) in [6.45, 7) is 4.75. The van der Waals surface area contributed by atoms with Crippen LogP contribution in [0.25, 0.3) is 0 Å². The standard InChI is InChI=1S/C38H69NO8/c1-6-8-10-12-14-15-16-17-18-19-20-21-23-25-27-29-36(41)47-34(32-45-35(40)28-26-24-22-13-11-9-7-2)33-46-38(37(42)43)44-31-30-39(3,4)5/h14-15,17-18,34,38H,6-13,16,19-33H2,1-5H3/p+1/b15-14-,18-17-. The lowest BCUT2D eigenvalue weighted by atomic mass is 10.1. The minimum Gasteiger partial charge on any atom is -0.477 e. The molecular formula is C38H70NO8+. The van der Waals surface area contributed by atoms with Gasteiger partial charge in [-0.1, -0.05) is 109 Å². The van der Waals surface area contributed by atoms with Crippen molar-refractivity contribution in [2.45, 2.75) is 155 Å².